The van der Waals surface area contributed by atoms with Crippen LogP contribution in [0.5, 0.6) is 0 Å². The summed E-state index contributed by atoms with van der Waals surface area (Å²) in [6.07, 6.45) is 0.417. The van der Waals surface area contributed by atoms with Gasteiger partial charge in [0.05, 0.1) is 29.4 Å². The smallest absolute Gasteiger partial charge is 0.342 e. The molecule has 0 bridgehead atoms. The Hall–Kier alpha value is -2.68. The van der Waals surface area contributed by atoms with Crippen LogP contribution in [0.15, 0.2) is 30.3 Å². The van der Waals surface area contributed by atoms with Crippen LogP contribution in [-0.2, 0) is 25.9 Å². The summed E-state index contributed by atoms with van der Waals surface area (Å²) in [6.45, 7) is 5.78. The number of rotatable bonds is 7. The third-order valence-electron chi connectivity index (χ3n) is 5.40. The number of hydrogen-bond donors (Lipinski definition) is 0. The average Bonchev–Trinajstić information content (AvgIpc) is 3.19. The number of amides is 1. The van der Waals surface area contributed by atoms with E-state index in [1.54, 1.807) is 25.5 Å². The summed E-state index contributed by atoms with van der Waals surface area (Å²) in [4.78, 5) is 26.7. The van der Waals surface area contributed by atoms with Gasteiger partial charge in [0.25, 0.3) is 5.91 Å². The molecule has 8 nitrogen and oxygen atoms in total. The molecular formula is C21H27N3O5S. The molecule has 2 heterocycles. The normalized spacial score (nSPS) is 17.6. The lowest BCUT2D eigenvalue weighted by molar-refractivity contribution is -0.136. The molecule has 1 aliphatic heterocycles. The Morgan fingerprint density at radius 1 is 1.23 bits per heavy atom. The Kier molecular flexibility index (Phi) is 6.60. The first-order valence-electron chi connectivity index (χ1n) is 9.96. The molecule has 1 fully saturated rings. The highest BCUT2D eigenvalue weighted by molar-refractivity contribution is 7.91. The van der Waals surface area contributed by atoms with E-state index in [4.69, 9.17) is 4.74 Å². The number of carbonyl (C=O) groups is 2. The van der Waals surface area contributed by atoms with Gasteiger partial charge >= 0.3 is 5.97 Å². The molecule has 2 aromatic rings. The number of aryl methyl sites for hydroxylation is 1. The number of nitrogens with zero attached hydrogens (tertiary/aromatic N) is 3. The molecule has 1 saturated heterocycles. The average molecular weight is 434 g/mol. The van der Waals surface area contributed by atoms with Crippen LogP contribution in [0.1, 0.15) is 40.7 Å². The Labute approximate surface area is 176 Å². The zero-order chi connectivity index (χ0) is 21.9. The van der Waals surface area contributed by atoms with Crippen molar-refractivity contribution in [2.45, 2.75) is 39.8 Å². The fourth-order valence-electron chi connectivity index (χ4n) is 3.84. The predicted octanol–water partition coefficient (Wildman–Crippen LogP) is 1.74. The number of benzene rings is 1. The lowest BCUT2D eigenvalue weighted by Crippen LogP contribution is -2.43. The van der Waals surface area contributed by atoms with Crippen LogP contribution in [0.4, 0.5) is 0 Å². The Bertz CT molecular complexity index is 1030. The predicted molar refractivity (Wildman–Crippen MR) is 112 cm³/mol. The van der Waals surface area contributed by atoms with Crippen molar-refractivity contribution < 1.29 is 22.7 Å². The van der Waals surface area contributed by atoms with Crippen molar-refractivity contribution >= 4 is 21.7 Å². The molecule has 1 amide bonds. The summed E-state index contributed by atoms with van der Waals surface area (Å²) in [5.41, 5.74) is 2.62. The maximum absolute atomic E-state index is 12.6. The van der Waals surface area contributed by atoms with E-state index in [9.17, 15) is 18.0 Å². The van der Waals surface area contributed by atoms with E-state index >= 15 is 0 Å². The molecule has 0 radical (unpaired) electrons. The maximum atomic E-state index is 12.6. The van der Waals surface area contributed by atoms with Crippen molar-refractivity contribution in [2.24, 2.45) is 0 Å². The summed E-state index contributed by atoms with van der Waals surface area (Å²) in [6, 6.07) is 9.42. The van der Waals surface area contributed by atoms with E-state index in [1.807, 2.05) is 30.3 Å². The number of aromatic nitrogens is 2. The lowest BCUT2D eigenvalue weighted by Gasteiger charge is -2.26. The van der Waals surface area contributed by atoms with Gasteiger partial charge in [-0.15, -0.1) is 0 Å². The van der Waals surface area contributed by atoms with Crippen molar-refractivity contribution in [3.8, 4) is 0 Å². The lowest BCUT2D eigenvalue weighted by atomic mass is 10.2. The van der Waals surface area contributed by atoms with Gasteiger partial charge in [-0.1, -0.05) is 30.3 Å². The number of sulfone groups is 1. The third-order valence-corrected chi connectivity index (χ3v) is 7.15. The molecular weight excluding hydrogens is 406 g/mol. The fourth-order valence-corrected chi connectivity index (χ4v) is 5.58. The van der Waals surface area contributed by atoms with Gasteiger partial charge in [0.15, 0.2) is 16.4 Å². The maximum Gasteiger partial charge on any atom is 0.342 e. The molecule has 1 aliphatic rings. The highest BCUT2D eigenvalue weighted by Gasteiger charge is 2.34. The van der Waals surface area contributed by atoms with Crippen LogP contribution in [0.2, 0.25) is 0 Å². The standard InChI is InChI=1S/C21H27N3O5S/c1-4-23(18-10-11-30(27,28)14-18)19(25)13-29-21(26)20-15(2)22-24(16(20)3)12-17-8-6-5-7-9-17/h5-9,18H,4,10-14H2,1-3H3/t18-/m1/s1. The Morgan fingerprint density at radius 3 is 2.53 bits per heavy atom. The second-order valence-corrected chi connectivity index (χ2v) is 9.73. The van der Waals surface area contributed by atoms with Gasteiger partial charge in [0, 0.05) is 12.6 Å². The molecule has 9 heteroatoms. The number of esters is 1. The number of likely N-dealkylation sites (N-methyl/N-ethyl adjacent to an activating group) is 1. The van der Waals surface area contributed by atoms with Crippen LogP contribution in [0, 0.1) is 13.8 Å². The van der Waals surface area contributed by atoms with E-state index in [0.29, 0.717) is 36.5 Å². The van der Waals surface area contributed by atoms with Gasteiger partial charge in [-0.05, 0) is 32.8 Å². The van der Waals surface area contributed by atoms with Crippen molar-refractivity contribution in [3.05, 3.63) is 52.8 Å². The topological polar surface area (TPSA) is 98.6 Å². The number of ether oxygens (including phenoxy) is 1. The molecule has 1 atom stereocenters. The number of hydrogen-bond acceptors (Lipinski definition) is 6. The van der Waals surface area contributed by atoms with Gasteiger partial charge < -0.3 is 9.64 Å². The van der Waals surface area contributed by atoms with E-state index in [2.05, 4.69) is 5.10 Å². The van der Waals surface area contributed by atoms with Crippen molar-refractivity contribution in [1.82, 2.24) is 14.7 Å². The zero-order valence-electron chi connectivity index (χ0n) is 17.5. The molecule has 0 saturated carbocycles. The minimum Gasteiger partial charge on any atom is -0.452 e. The molecule has 0 aliphatic carbocycles. The first kappa shape index (κ1) is 22.0. The fraction of sp³-hybridized carbons (Fsp3) is 0.476. The molecule has 162 valence electrons. The summed E-state index contributed by atoms with van der Waals surface area (Å²) >= 11 is 0. The minimum atomic E-state index is -3.11. The van der Waals surface area contributed by atoms with Crippen LogP contribution < -0.4 is 0 Å². The van der Waals surface area contributed by atoms with E-state index < -0.39 is 22.4 Å². The molecule has 30 heavy (non-hydrogen) atoms. The van der Waals surface area contributed by atoms with Crippen LogP contribution >= 0.6 is 0 Å². The van der Waals surface area contributed by atoms with Crippen molar-refractivity contribution in [1.29, 1.82) is 0 Å². The summed E-state index contributed by atoms with van der Waals surface area (Å²) in [7, 11) is -3.11. The molecule has 3 rings (SSSR count). The molecule has 0 unspecified atom stereocenters. The monoisotopic (exact) mass is 433 g/mol. The minimum absolute atomic E-state index is 0.0367. The molecule has 1 aromatic heterocycles. The van der Waals surface area contributed by atoms with Crippen LogP contribution in [0.25, 0.3) is 0 Å². The summed E-state index contributed by atoms with van der Waals surface area (Å²) in [5.74, 6) is -0.946. The van der Waals surface area contributed by atoms with E-state index in [-0.39, 0.29) is 23.5 Å². The van der Waals surface area contributed by atoms with Crippen LogP contribution in [-0.4, -0.2) is 65.7 Å². The highest BCUT2D eigenvalue weighted by atomic mass is 32.2. The van der Waals surface area contributed by atoms with Crippen molar-refractivity contribution in [2.75, 3.05) is 24.7 Å². The number of carbonyl (C=O) groups excluding carboxylic acids is 2. The molecule has 0 N–H and O–H groups in total. The largest absolute Gasteiger partial charge is 0.452 e. The Morgan fingerprint density at radius 2 is 1.93 bits per heavy atom. The van der Waals surface area contributed by atoms with Crippen molar-refractivity contribution in [3.63, 3.8) is 0 Å². The van der Waals surface area contributed by atoms with Gasteiger partial charge in [0.1, 0.15) is 5.56 Å². The third kappa shape index (κ3) is 4.89. The Balaban J connectivity index is 1.65. The van der Waals surface area contributed by atoms with E-state index in [1.165, 1.54) is 4.90 Å². The van der Waals surface area contributed by atoms with Gasteiger partial charge in [-0.3, -0.25) is 9.48 Å². The second-order valence-electron chi connectivity index (χ2n) is 7.50. The molecule has 1 aromatic carbocycles. The van der Waals surface area contributed by atoms with Gasteiger partial charge in [0.2, 0.25) is 0 Å². The summed E-state index contributed by atoms with van der Waals surface area (Å²) in [5, 5.41) is 4.44. The van der Waals surface area contributed by atoms with Gasteiger partial charge in [-0.2, -0.15) is 5.10 Å². The zero-order valence-corrected chi connectivity index (χ0v) is 18.3. The van der Waals surface area contributed by atoms with Crippen LogP contribution in [0.3, 0.4) is 0 Å². The van der Waals surface area contributed by atoms with Gasteiger partial charge in [-0.25, -0.2) is 13.2 Å². The highest BCUT2D eigenvalue weighted by Crippen LogP contribution is 2.19. The first-order chi connectivity index (χ1) is 14.2. The summed E-state index contributed by atoms with van der Waals surface area (Å²) < 4.78 is 30.4. The van der Waals surface area contributed by atoms with E-state index in [0.717, 1.165) is 5.56 Å². The second kappa shape index (κ2) is 8.99. The molecule has 0 spiro atoms. The quantitative estimate of drug-likeness (QED) is 0.617. The SMILES string of the molecule is CCN(C(=O)COC(=O)c1c(C)nn(Cc2ccccc2)c1C)[C@@H]1CCS(=O)(=O)C1. The first-order valence-corrected chi connectivity index (χ1v) is 11.8.